The minimum atomic E-state index is -0.426. The van der Waals surface area contributed by atoms with Gasteiger partial charge in [0.25, 0.3) is 0 Å². The van der Waals surface area contributed by atoms with Gasteiger partial charge in [-0.25, -0.2) is 9.78 Å². The number of benzene rings is 1. The van der Waals surface area contributed by atoms with Crippen LogP contribution in [-0.2, 0) is 11.3 Å². The Balaban J connectivity index is 2.00. The molecule has 2 rings (SSSR count). The number of rotatable bonds is 5. The molecule has 0 bridgehead atoms. The van der Waals surface area contributed by atoms with E-state index in [9.17, 15) is 4.79 Å². The summed E-state index contributed by atoms with van der Waals surface area (Å²) in [6.07, 6.45) is 0. The van der Waals surface area contributed by atoms with Crippen molar-refractivity contribution in [3.8, 4) is 5.75 Å². The van der Waals surface area contributed by atoms with Gasteiger partial charge in [-0.2, -0.15) is 0 Å². The molecule has 1 heterocycles. The molecular formula is C14H16N2O3S. The molecule has 0 saturated carbocycles. The summed E-state index contributed by atoms with van der Waals surface area (Å²) in [6, 6.07) is 4.86. The lowest BCUT2D eigenvalue weighted by Crippen LogP contribution is -2.07. The van der Waals surface area contributed by atoms with E-state index in [1.165, 1.54) is 11.3 Å². The fraction of sp³-hybridized carbons (Fsp3) is 0.286. The van der Waals surface area contributed by atoms with Gasteiger partial charge in [0.2, 0.25) is 0 Å². The van der Waals surface area contributed by atoms with Gasteiger partial charge in [0.1, 0.15) is 12.4 Å². The second-order valence-corrected chi connectivity index (χ2v) is 5.18. The van der Waals surface area contributed by atoms with Crippen molar-refractivity contribution in [2.45, 2.75) is 20.5 Å². The average molecular weight is 292 g/mol. The van der Waals surface area contributed by atoms with Gasteiger partial charge >= 0.3 is 5.97 Å². The van der Waals surface area contributed by atoms with Crippen molar-refractivity contribution in [1.82, 2.24) is 4.98 Å². The minimum Gasteiger partial charge on any atom is -0.492 e. The first kappa shape index (κ1) is 14.3. The Hall–Kier alpha value is -2.08. The first-order valence-corrected chi connectivity index (χ1v) is 7.08. The number of aryl methyl sites for hydroxylation is 1. The molecule has 5 nitrogen and oxygen atoms in total. The van der Waals surface area contributed by atoms with Gasteiger partial charge in [0.05, 0.1) is 28.6 Å². The van der Waals surface area contributed by atoms with Crippen LogP contribution in [0.5, 0.6) is 5.75 Å². The van der Waals surface area contributed by atoms with Crippen LogP contribution < -0.4 is 10.5 Å². The van der Waals surface area contributed by atoms with Crippen molar-refractivity contribution in [2.75, 3.05) is 12.3 Å². The number of hydrogen-bond acceptors (Lipinski definition) is 6. The molecule has 6 heteroatoms. The zero-order valence-corrected chi connectivity index (χ0v) is 12.2. The van der Waals surface area contributed by atoms with E-state index in [1.807, 2.05) is 19.2 Å². The van der Waals surface area contributed by atoms with Crippen molar-refractivity contribution in [3.63, 3.8) is 0 Å². The molecule has 106 valence electrons. The number of thiazole rings is 1. The van der Waals surface area contributed by atoms with Gasteiger partial charge in [0, 0.05) is 5.38 Å². The third-order valence-corrected chi connectivity index (χ3v) is 3.39. The van der Waals surface area contributed by atoms with E-state index < -0.39 is 5.97 Å². The van der Waals surface area contributed by atoms with Crippen LogP contribution in [0.2, 0.25) is 0 Å². The first-order valence-electron chi connectivity index (χ1n) is 6.20. The smallest absolute Gasteiger partial charge is 0.338 e. The van der Waals surface area contributed by atoms with Gasteiger partial charge in [-0.15, -0.1) is 11.3 Å². The van der Waals surface area contributed by atoms with Crippen LogP contribution in [0.15, 0.2) is 23.6 Å². The predicted molar refractivity (Wildman–Crippen MR) is 78.0 cm³/mol. The predicted octanol–water partition coefficient (Wildman–Crippen LogP) is 2.79. The van der Waals surface area contributed by atoms with E-state index in [2.05, 4.69) is 4.98 Å². The summed E-state index contributed by atoms with van der Waals surface area (Å²) < 4.78 is 10.5. The van der Waals surface area contributed by atoms with Gasteiger partial charge in [0.15, 0.2) is 0 Å². The summed E-state index contributed by atoms with van der Waals surface area (Å²) in [5, 5.41) is 2.82. The molecule has 0 fully saturated rings. The van der Waals surface area contributed by atoms with Gasteiger partial charge in [-0.05, 0) is 32.0 Å². The second-order valence-electron chi connectivity index (χ2n) is 4.12. The molecule has 2 aromatic rings. The Morgan fingerprint density at radius 2 is 2.25 bits per heavy atom. The lowest BCUT2D eigenvalue weighted by atomic mass is 10.2. The standard InChI is InChI=1S/C14H16N2O3S/c1-3-18-13-5-4-10(6-12(13)15)14(17)19-7-11-8-20-9(2)16-11/h4-6,8H,3,7,15H2,1-2H3. The van der Waals surface area contributed by atoms with Gasteiger partial charge in [-0.3, -0.25) is 0 Å². The fourth-order valence-electron chi connectivity index (χ4n) is 1.66. The molecule has 0 aliphatic carbocycles. The van der Waals surface area contributed by atoms with E-state index in [4.69, 9.17) is 15.2 Å². The van der Waals surface area contributed by atoms with Crippen LogP contribution in [-0.4, -0.2) is 17.6 Å². The number of esters is 1. The molecule has 1 aromatic heterocycles. The Kier molecular flexibility index (Phi) is 4.57. The van der Waals surface area contributed by atoms with Crippen LogP contribution >= 0.6 is 11.3 Å². The van der Waals surface area contributed by atoms with E-state index in [1.54, 1.807) is 18.2 Å². The SMILES string of the molecule is CCOc1ccc(C(=O)OCc2csc(C)n2)cc1N. The number of nitrogen functional groups attached to an aromatic ring is 1. The number of anilines is 1. The lowest BCUT2D eigenvalue weighted by molar-refractivity contribution is 0.0468. The number of hydrogen-bond donors (Lipinski definition) is 1. The highest BCUT2D eigenvalue weighted by molar-refractivity contribution is 7.09. The molecule has 0 aliphatic rings. The molecule has 0 spiro atoms. The van der Waals surface area contributed by atoms with Crippen molar-refractivity contribution < 1.29 is 14.3 Å². The molecular weight excluding hydrogens is 276 g/mol. The lowest BCUT2D eigenvalue weighted by Gasteiger charge is -2.08. The largest absolute Gasteiger partial charge is 0.492 e. The number of carbonyl (C=O) groups excluding carboxylic acids is 1. The molecule has 2 N–H and O–H groups in total. The minimum absolute atomic E-state index is 0.163. The van der Waals surface area contributed by atoms with Crippen molar-refractivity contribution in [1.29, 1.82) is 0 Å². The molecule has 0 atom stereocenters. The maximum Gasteiger partial charge on any atom is 0.338 e. The average Bonchev–Trinajstić information content (AvgIpc) is 2.84. The summed E-state index contributed by atoms with van der Waals surface area (Å²) >= 11 is 1.52. The Morgan fingerprint density at radius 3 is 2.85 bits per heavy atom. The van der Waals surface area contributed by atoms with Crippen molar-refractivity contribution >= 4 is 23.0 Å². The molecule has 1 aromatic carbocycles. The van der Waals surface area contributed by atoms with E-state index in [0.29, 0.717) is 23.6 Å². The third-order valence-electron chi connectivity index (χ3n) is 2.56. The summed E-state index contributed by atoms with van der Waals surface area (Å²) in [4.78, 5) is 16.1. The van der Waals surface area contributed by atoms with Crippen LogP contribution in [0.1, 0.15) is 28.0 Å². The Bertz CT molecular complexity index is 610. The number of aromatic nitrogens is 1. The third kappa shape index (κ3) is 3.48. The summed E-state index contributed by atoms with van der Waals surface area (Å²) in [5.74, 6) is 0.143. The molecule has 0 radical (unpaired) electrons. The van der Waals surface area contributed by atoms with Gasteiger partial charge < -0.3 is 15.2 Å². The van der Waals surface area contributed by atoms with Crippen molar-refractivity contribution in [2.24, 2.45) is 0 Å². The highest BCUT2D eigenvalue weighted by atomic mass is 32.1. The first-order chi connectivity index (χ1) is 9.60. The maximum absolute atomic E-state index is 11.9. The summed E-state index contributed by atoms with van der Waals surface area (Å²) in [6.45, 7) is 4.47. The zero-order chi connectivity index (χ0) is 14.5. The topological polar surface area (TPSA) is 74.4 Å². The monoisotopic (exact) mass is 292 g/mol. The quantitative estimate of drug-likeness (QED) is 0.677. The molecule has 0 unspecified atom stereocenters. The highest BCUT2D eigenvalue weighted by Crippen LogP contribution is 2.23. The maximum atomic E-state index is 11.9. The van der Waals surface area contributed by atoms with E-state index >= 15 is 0 Å². The van der Waals surface area contributed by atoms with Crippen molar-refractivity contribution in [3.05, 3.63) is 39.8 Å². The van der Waals surface area contributed by atoms with Crippen LogP contribution in [0, 0.1) is 6.92 Å². The number of carbonyl (C=O) groups is 1. The summed E-state index contributed by atoms with van der Waals surface area (Å²) in [7, 11) is 0. The fourth-order valence-corrected chi connectivity index (χ4v) is 2.26. The molecule has 0 saturated heterocycles. The van der Waals surface area contributed by atoms with Crippen LogP contribution in [0.3, 0.4) is 0 Å². The Morgan fingerprint density at radius 1 is 1.45 bits per heavy atom. The molecule has 0 amide bonds. The molecule has 20 heavy (non-hydrogen) atoms. The van der Waals surface area contributed by atoms with E-state index in [-0.39, 0.29) is 6.61 Å². The Labute approximate surface area is 121 Å². The number of nitrogens with two attached hydrogens (primary N) is 1. The number of nitrogens with zero attached hydrogens (tertiary/aromatic N) is 1. The van der Waals surface area contributed by atoms with Crippen LogP contribution in [0.4, 0.5) is 5.69 Å². The van der Waals surface area contributed by atoms with Crippen LogP contribution in [0.25, 0.3) is 0 Å². The zero-order valence-electron chi connectivity index (χ0n) is 11.4. The van der Waals surface area contributed by atoms with E-state index in [0.717, 1.165) is 10.7 Å². The second kappa shape index (κ2) is 6.38. The molecule has 0 aliphatic heterocycles. The number of ether oxygens (including phenoxy) is 2. The van der Waals surface area contributed by atoms with Gasteiger partial charge in [-0.1, -0.05) is 0 Å². The summed E-state index contributed by atoms with van der Waals surface area (Å²) in [5.41, 5.74) is 7.39. The normalized spacial score (nSPS) is 10.3. The highest BCUT2D eigenvalue weighted by Gasteiger charge is 2.11.